The summed E-state index contributed by atoms with van der Waals surface area (Å²) in [6, 6.07) is 10.8. The number of hydrogen-bond donors (Lipinski definition) is 1. The van der Waals surface area contributed by atoms with Gasteiger partial charge in [0.05, 0.1) is 4.92 Å². The zero-order chi connectivity index (χ0) is 19.7. The molecule has 1 fully saturated rings. The van der Waals surface area contributed by atoms with E-state index in [1.54, 1.807) is 12.1 Å². The van der Waals surface area contributed by atoms with Crippen LogP contribution >= 0.6 is 0 Å². The first kappa shape index (κ1) is 18.5. The van der Waals surface area contributed by atoms with Gasteiger partial charge < -0.3 is 10.2 Å². The van der Waals surface area contributed by atoms with Crippen LogP contribution in [-0.4, -0.2) is 23.9 Å². The van der Waals surface area contributed by atoms with Gasteiger partial charge in [-0.15, -0.1) is 0 Å². The number of fused-ring (bicyclic) bond motifs is 1. The Morgan fingerprint density at radius 3 is 2.75 bits per heavy atom. The fraction of sp³-hybridized carbons (Fsp3) is 0.409. The second-order valence-corrected chi connectivity index (χ2v) is 7.95. The van der Waals surface area contributed by atoms with Gasteiger partial charge in [0.15, 0.2) is 0 Å². The number of carbonyl (C=O) groups is 1. The number of benzene rings is 2. The molecule has 1 amide bonds. The SMILES string of the molecule is CC1CCCN(c2ccc(C(=O)Nc3ccc4c(c3)CCC4)cc2[N+](=O)[O-])C1. The number of amides is 1. The molecule has 1 N–H and O–H groups in total. The Morgan fingerprint density at radius 2 is 1.96 bits per heavy atom. The van der Waals surface area contributed by atoms with Crippen LogP contribution in [0.25, 0.3) is 0 Å². The highest BCUT2D eigenvalue weighted by molar-refractivity contribution is 6.05. The summed E-state index contributed by atoms with van der Waals surface area (Å²) in [5.41, 5.74) is 4.26. The maximum atomic E-state index is 12.7. The first-order chi connectivity index (χ1) is 13.5. The van der Waals surface area contributed by atoms with Gasteiger partial charge in [-0.1, -0.05) is 13.0 Å². The molecule has 0 aromatic heterocycles. The second-order valence-electron chi connectivity index (χ2n) is 7.95. The van der Waals surface area contributed by atoms with Crippen LogP contribution in [0.5, 0.6) is 0 Å². The first-order valence-electron chi connectivity index (χ1n) is 9.98. The zero-order valence-corrected chi connectivity index (χ0v) is 16.1. The van der Waals surface area contributed by atoms with Crippen molar-refractivity contribution in [1.29, 1.82) is 0 Å². The number of anilines is 2. The summed E-state index contributed by atoms with van der Waals surface area (Å²) < 4.78 is 0. The van der Waals surface area contributed by atoms with Gasteiger partial charge in [0, 0.05) is 30.4 Å². The molecule has 28 heavy (non-hydrogen) atoms. The number of hydrogen-bond acceptors (Lipinski definition) is 4. The van der Waals surface area contributed by atoms with Crippen molar-refractivity contribution in [1.82, 2.24) is 0 Å². The van der Waals surface area contributed by atoms with Crippen LogP contribution in [-0.2, 0) is 12.8 Å². The average molecular weight is 379 g/mol. The molecule has 2 aliphatic rings. The molecule has 6 nitrogen and oxygen atoms in total. The molecule has 2 aromatic rings. The van der Waals surface area contributed by atoms with Gasteiger partial charge in [0.25, 0.3) is 11.6 Å². The topological polar surface area (TPSA) is 75.5 Å². The van der Waals surface area contributed by atoms with Crippen LogP contribution in [0.1, 0.15) is 47.7 Å². The van der Waals surface area contributed by atoms with Crippen LogP contribution < -0.4 is 10.2 Å². The van der Waals surface area contributed by atoms with E-state index in [1.807, 2.05) is 12.1 Å². The number of rotatable bonds is 4. The molecule has 0 radical (unpaired) electrons. The number of carbonyl (C=O) groups excluding carboxylic acids is 1. The normalized spacial score (nSPS) is 18.6. The molecule has 4 rings (SSSR count). The smallest absolute Gasteiger partial charge is 0.293 e. The van der Waals surface area contributed by atoms with Crippen molar-refractivity contribution in [2.45, 2.75) is 39.0 Å². The van der Waals surface area contributed by atoms with Crippen LogP contribution in [0.15, 0.2) is 36.4 Å². The number of aryl methyl sites for hydroxylation is 2. The van der Waals surface area contributed by atoms with Gasteiger partial charge in [-0.25, -0.2) is 0 Å². The van der Waals surface area contributed by atoms with E-state index in [-0.39, 0.29) is 16.5 Å². The lowest BCUT2D eigenvalue weighted by Crippen LogP contribution is -2.34. The quantitative estimate of drug-likeness (QED) is 0.623. The summed E-state index contributed by atoms with van der Waals surface area (Å²) in [4.78, 5) is 26.0. The highest BCUT2D eigenvalue weighted by atomic mass is 16.6. The van der Waals surface area contributed by atoms with E-state index >= 15 is 0 Å². The van der Waals surface area contributed by atoms with Crippen molar-refractivity contribution < 1.29 is 9.72 Å². The summed E-state index contributed by atoms with van der Waals surface area (Å²) in [5.74, 6) is 0.191. The molecule has 6 heteroatoms. The molecule has 0 saturated carbocycles. The van der Waals surface area contributed by atoms with Gasteiger partial charge in [-0.05, 0) is 73.4 Å². The molecular formula is C22H25N3O3. The minimum atomic E-state index is -0.388. The molecule has 1 heterocycles. The summed E-state index contributed by atoms with van der Waals surface area (Å²) in [6.45, 7) is 3.78. The fourth-order valence-corrected chi connectivity index (χ4v) is 4.34. The zero-order valence-electron chi connectivity index (χ0n) is 16.1. The third-order valence-electron chi connectivity index (χ3n) is 5.79. The van der Waals surface area contributed by atoms with E-state index in [9.17, 15) is 14.9 Å². The minimum Gasteiger partial charge on any atom is -0.366 e. The largest absolute Gasteiger partial charge is 0.366 e. The van der Waals surface area contributed by atoms with E-state index < -0.39 is 0 Å². The van der Waals surface area contributed by atoms with Crippen molar-refractivity contribution in [3.63, 3.8) is 0 Å². The van der Waals surface area contributed by atoms with E-state index in [2.05, 4.69) is 23.2 Å². The molecule has 1 atom stereocenters. The molecule has 0 spiro atoms. The van der Waals surface area contributed by atoms with E-state index in [1.165, 1.54) is 17.2 Å². The standard InChI is InChI=1S/C22H25N3O3/c1-15-4-3-11-24(14-15)20-10-8-18(13-21(20)25(27)28)22(26)23-19-9-7-16-5-2-6-17(16)12-19/h7-10,12-13,15H,2-6,11,14H2,1H3,(H,23,26). The molecule has 1 aliphatic carbocycles. The van der Waals surface area contributed by atoms with Crippen LogP contribution in [0.3, 0.4) is 0 Å². The summed E-state index contributed by atoms with van der Waals surface area (Å²) >= 11 is 0. The molecule has 1 saturated heterocycles. The Balaban J connectivity index is 1.56. The number of nitro benzene ring substituents is 1. The van der Waals surface area contributed by atoms with Crippen LogP contribution in [0, 0.1) is 16.0 Å². The number of nitro groups is 1. The van der Waals surface area contributed by atoms with Crippen LogP contribution in [0.4, 0.5) is 17.1 Å². The Hall–Kier alpha value is -2.89. The minimum absolute atomic E-state index is 0.00398. The maximum Gasteiger partial charge on any atom is 0.293 e. The van der Waals surface area contributed by atoms with Crippen molar-refractivity contribution in [2.24, 2.45) is 5.92 Å². The van der Waals surface area contributed by atoms with Crippen molar-refractivity contribution >= 4 is 23.0 Å². The molecule has 146 valence electrons. The fourth-order valence-electron chi connectivity index (χ4n) is 4.34. The Morgan fingerprint density at radius 1 is 1.14 bits per heavy atom. The van der Waals surface area contributed by atoms with Gasteiger partial charge in [-0.3, -0.25) is 14.9 Å². The van der Waals surface area contributed by atoms with Crippen molar-refractivity contribution in [2.75, 3.05) is 23.3 Å². The lowest BCUT2D eigenvalue weighted by atomic mass is 9.99. The highest BCUT2D eigenvalue weighted by Gasteiger charge is 2.25. The number of nitrogens with one attached hydrogen (secondary N) is 1. The lowest BCUT2D eigenvalue weighted by molar-refractivity contribution is -0.384. The lowest BCUT2D eigenvalue weighted by Gasteiger charge is -2.32. The monoisotopic (exact) mass is 379 g/mol. The predicted molar refractivity (Wildman–Crippen MR) is 110 cm³/mol. The van der Waals surface area contributed by atoms with Crippen molar-refractivity contribution in [3.05, 3.63) is 63.2 Å². The van der Waals surface area contributed by atoms with Gasteiger partial charge >= 0.3 is 0 Å². The predicted octanol–water partition coefficient (Wildman–Crippen LogP) is 4.57. The third kappa shape index (κ3) is 3.72. The first-order valence-corrected chi connectivity index (χ1v) is 9.98. The van der Waals surface area contributed by atoms with E-state index in [4.69, 9.17) is 0 Å². The Kier molecular flexibility index (Phi) is 5.03. The molecule has 1 aliphatic heterocycles. The van der Waals surface area contributed by atoms with Gasteiger partial charge in [-0.2, -0.15) is 0 Å². The van der Waals surface area contributed by atoms with Crippen molar-refractivity contribution in [3.8, 4) is 0 Å². The maximum absolute atomic E-state index is 12.7. The van der Waals surface area contributed by atoms with Gasteiger partial charge in [0.2, 0.25) is 0 Å². The summed E-state index contributed by atoms with van der Waals surface area (Å²) in [6.07, 6.45) is 5.44. The van der Waals surface area contributed by atoms with Gasteiger partial charge in [0.1, 0.15) is 5.69 Å². The highest BCUT2D eigenvalue weighted by Crippen LogP contribution is 2.33. The Labute approximate surface area is 164 Å². The van der Waals surface area contributed by atoms with Crippen LogP contribution in [0.2, 0.25) is 0 Å². The third-order valence-corrected chi connectivity index (χ3v) is 5.79. The Bertz CT molecular complexity index is 925. The molecular weight excluding hydrogens is 354 g/mol. The molecule has 2 aromatic carbocycles. The molecule has 1 unspecified atom stereocenters. The van der Waals surface area contributed by atoms with E-state index in [0.717, 1.165) is 50.9 Å². The average Bonchev–Trinajstić information content (AvgIpc) is 3.15. The summed E-state index contributed by atoms with van der Waals surface area (Å²) in [7, 11) is 0. The molecule has 0 bridgehead atoms. The number of nitrogens with zero attached hydrogens (tertiary/aromatic N) is 2. The van der Waals surface area contributed by atoms with E-state index in [0.29, 0.717) is 17.2 Å². The number of piperidine rings is 1. The second kappa shape index (κ2) is 7.62. The summed E-state index contributed by atoms with van der Waals surface area (Å²) in [5, 5.41) is 14.5.